The van der Waals surface area contributed by atoms with E-state index in [0.717, 1.165) is 43.9 Å². The van der Waals surface area contributed by atoms with Crippen LogP contribution in [0.1, 0.15) is 24.6 Å². The van der Waals surface area contributed by atoms with Gasteiger partial charge in [0.05, 0.1) is 6.10 Å². The summed E-state index contributed by atoms with van der Waals surface area (Å²) in [6, 6.07) is 14.1. The zero-order valence-electron chi connectivity index (χ0n) is 16.7. The van der Waals surface area contributed by atoms with E-state index in [0.29, 0.717) is 6.54 Å². The molecule has 2 atom stereocenters. The number of carbonyl (C=O) groups is 1. The number of hydrogen-bond donors (Lipinski definition) is 2. The summed E-state index contributed by atoms with van der Waals surface area (Å²) in [5.74, 6) is -0.0647. The first-order valence-electron chi connectivity index (χ1n) is 9.88. The molecule has 3 rings (SSSR count). The third-order valence-electron chi connectivity index (χ3n) is 5.32. The number of amides is 1. The van der Waals surface area contributed by atoms with Gasteiger partial charge in [-0.15, -0.1) is 0 Å². The largest absolute Gasteiger partial charge is 0.390 e. The zero-order valence-corrected chi connectivity index (χ0v) is 16.7. The second-order valence-electron chi connectivity index (χ2n) is 7.59. The van der Waals surface area contributed by atoms with Crippen molar-refractivity contribution in [2.45, 2.75) is 38.5 Å². The minimum absolute atomic E-state index is 0.0647. The van der Waals surface area contributed by atoms with Crippen LogP contribution in [0.2, 0.25) is 0 Å². The Morgan fingerprint density at radius 3 is 2.71 bits per heavy atom. The van der Waals surface area contributed by atoms with Gasteiger partial charge in [-0.05, 0) is 43.3 Å². The van der Waals surface area contributed by atoms with Crippen molar-refractivity contribution in [3.8, 4) is 0 Å². The number of piperidine rings is 1. The summed E-state index contributed by atoms with van der Waals surface area (Å²) in [4.78, 5) is 20.0. The van der Waals surface area contributed by atoms with Gasteiger partial charge in [0, 0.05) is 63.1 Å². The van der Waals surface area contributed by atoms with Crippen LogP contribution in [0, 0.1) is 0 Å². The lowest BCUT2D eigenvalue weighted by Gasteiger charge is -2.40. The smallest absolute Gasteiger partial charge is 0.221 e. The lowest BCUT2D eigenvalue weighted by molar-refractivity contribution is -0.114. The van der Waals surface area contributed by atoms with Crippen molar-refractivity contribution in [1.29, 1.82) is 0 Å². The third kappa shape index (κ3) is 5.86. The van der Waals surface area contributed by atoms with E-state index < -0.39 is 0 Å². The number of rotatable bonds is 7. The lowest BCUT2D eigenvalue weighted by Crippen LogP contribution is -2.53. The van der Waals surface area contributed by atoms with Gasteiger partial charge in [-0.3, -0.25) is 14.7 Å². The number of anilines is 1. The molecule has 1 aliphatic rings. The number of nitrogens with one attached hydrogen (secondary N) is 1. The van der Waals surface area contributed by atoms with Crippen LogP contribution in [-0.2, 0) is 17.8 Å². The number of nitrogens with zero attached hydrogens (tertiary/aromatic N) is 3. The molecule has 1 fully saturated rings. The maximum atomic E-state index is 11.1. The van der Waals surface area contributed by atoms with E-state index >= 15 is 0 Å². The molecule has 150 valence electrons. The number of β-amino-alcohol motifs (C(OH)–C–C–N with tert-alkyl or cyclic N) is 1. The van der Waals surface area contributed by atoms with Crippen molar-refractivity contribution in [3.05, 3.63) is 59.9 Å². The van der Waals surface area contributed by atoms with E-state index in [4.69, 9.17) is 0 Å². The lowest BCUT2D eigenvalue weighted by atomic mass is 9.99. The first kappa shape index (κ1) is 20.5. The molecule has 0 bridgehead atoms. The number of aliphatic hydroxyl groups is 1. The number of aromatic nitrogens is 1. The molecule has 28 heavy (non-hydrogen) atoms. The molecule has 1 aliphatic heterocycles. The molecule has 1 amide bonds. The first-order valence-corrected chi connectivity index (χ1v) is 9.88. The van der Waals surface area contributed by atoms with Crippen molar-refractivity contribution in [2.24, 2.45) is 0 Å². The maximum Gasteiger partial charge on any atom is 0.221 e. The number of pyridine rings is 1. The van der Waals surface area contributed by atoms with E-state index in [1.807, 2.05) is 48.7 Å². The molecule has 0 aliphatic carbocycles. The normalized spacial score (nSPS) is 20.3. The van der Waals surface area contributed by atoms with E-state index in [1.165, 1.54) is 12.5 Å². The number of aliphatic hydroxyl groups excluding tert-OH is 1. The summed E-state index contributed by atoms with van der Waals surface area (Å²) in [7, 11) is 2.09. The number of likely N-dealkylation sites (N-methyl/N-ethyl adjacent to an activating group) is 1. The molecule has 0 unspecified atom stereocenters. The maximum absolute atomic E-state index is 11.1. The summed E-state index contributed by atoms with van der Waals surface area (Å²) in [5, 5.41) is 13.5. The Morgan fingerprint density at radius 1 is 1.29 bits per heavy atom. The second kappa shape index (κ2) is 9.78. The Hall–Kier alpha value is -2.28. The molecule has 0 radical (unpaired) electrons. The average molecular weight is 383 g/mol. The molecule has 0 spiro atoms. The first-order chi connectivity index (χ1) is 13.5. The average Bonchev–Trinajstić information content (AvgIpc) is 2.68. The van der Waals surface area contributed by atoms with Crippen LogP contribution >= 0.6 is 0 Å². The van der Waals surface area contributed by atoms with Crippen molar-refractivity contribution in [3.63, 3.8) is 0 Å². The highest BCUT2D eigenvalue weighted by molar-refractivity contribution is 5.88. The summed E-state index contributed by atoms with van der Waals surface area (Å²) < 4.78 is 0. The van der Waals surface area contributed by atoms with Gasteiger partial charge in [-0.25, -0.2) is 0 Å². The fourth-order valence-corrected chi connectivity index (χ4v) is 3.80. The summed E-state index contributed by atoms with van der Waals surface area (Å²) in [6.07, 6.45) is 3.31. The van der Waals surface area contributed by atoms with Crippen LogP contribution in [0.4, 0.5) is 5.69 Å². The zero-order chi connectivity index (χ0) is 19.9. The number of likely N-dealkylation sites (tertiary alicyclic amines) is 1. The van der Waals surface area contributed by atoms with Crippen molar-refractivity contribution >= 4 is 11.6 Å². The van der Waals surface area contributed by atoms with Gasteiger partial charge < -0.3 is 15.3 Å². The van der Waals surface area contributed by atoms with E-state index in [2.05, 4.69) is 27.1 Å². The molecule has 6 heteroatoms. The molecule has 1 aromatic heterocycles. The molecule has 1 aromatic carbocycles. The topological polar surface area (TPSA) is 68.7 Å². The van der Waals surface area contributed by atoms with Gasteiger partial charge in [-0.1, -0.05) is 18.2 Å². The minimum Gasteiger partial charge on any atom is -0.390 e. The fraction of sp³-hybridized carbons (Fsp3) is 0.455. The highest BCUT2D eigenvalue weighted by Gasteiger charge is 2.30. The van der Waals surface area contributed by atoms with Gasteiger partial charge >= 0.3 is 0 Å². The Kier molecular flexibility index (Phi) is 7.14. The predicted octanol–water partition coefficient (Wildman–Crippen LogP) is 2.15. The standard InChI is InChI=1S/C22H30N4O2/c1-17(27)24-20-8-6-18(7-9-20)15-26-14-11-21(22(28)16-26)25(2)13-10-19-5-3-4-12-23-19/h3-9,12,21-22,28H,10-11,13-16H2,1-2H3,(H,24,27)/t21-,22-/m1/s1. The van der Waals surface area contributed by atoms with Crippen LogP contribution in [0.5, 0.6) is 0 Å². The summed E-state index contributed by atoms with van der Waals surface area (Å²) in [5.41, 5.74) is 3.08. The fourth-order valence-electron chi connectivity index (χ4n) is 3.80. The highest BCUT2D eigenvalue weighted by atomic mass is 16.3. The van der Waals surface area contributed by atoms with E-state index in [-0.39, 0.29) is 18.1 Å². The highest BCUT2D eigenvalue weighted by Crippen LogP contribution is 2.19. The van der Waals surface area contributed by atoms with Gasteiger partial charge in [0.2, 0.25) is 5.91 Å². The van der Waals surface area contributed by atoms with Crippen LogP contribution in [-0.4, -0.2) is 64.6 Å². The SMILES string of the molecule is CC(=O)Nc1ccc(CN2CC[C@@H](N(C)CCc3ccccn3)[C@H](O)C2)cc1. The summed E-state index contributed by atoms with van der Waals surface area (Å²) >= 11 is 0. The van der Waals surface area contributed by atoms with Crippen LogP contribution in [0.25, 0.3) is 0 Å². The Bertz CT molecular complexity index is 751. The molecule has 2 aromatic rings. The molecule has 2 N–H and O–H groups in total. The van der Waals surface area contributed by atoms with Crippen molar-refractivity contribution in [2.75, 3.05) is 32.0 Å². The number of benzene rings is 1. The molecular weight excluding hydrogens is 352 g/mol. The molecular formula is C22H30N4O2. The van der Waals surface area contributed by atoms with E-state index in [1.54, 1.807) is 0 Å². The Labute approximate surface area is 167 Å². The monoisotopic (exact) mass is 382 g/mol. The Morgan fingerprint density at radius 2 is 2.07 bits per heavy atom. The molecule has 6 nitrogen and oxygen atoms in total. The van der Waals surface area contributed by atoms with Crippen LogP contribution in [0.15, 0.2) is 48.7 Å². The third-order valence-corrected chi connectivity index (χ3v) is 5.32. The second-order valence-corrected chi connectivity index (χ2v) is 7.59. The van der Waals surface area contributed by atoms with Gasteiger partial charge in [0.25, 0.3) is 0 Å². The molecule has 0 saturated carbocycles. The number of carbonyl (C=O) groups excluding carboxylic acids is 1. The van der Waals surface area contributed by atoms with Gasteiger partial charge in [0.1, 0.15) is 0 Å². The van der Waals surface area contributed by atoms with E-state index in [9.17, 15) is 9.90 Å². The number of hydrogen-bond acceptors (Lipinski definition) is 5. The minimum atomic E-state index is -0.360. The van der Waals surface area contributed by atoms with Crippen molar-refractivity contribution in [1.82, 2.24) is 14.8 Å². The van der Waals surface area contributed by atoms with Crippen molar-refractivity contribution < 1.29 is 9.90 Å². The molecule has 1 saturated heterocycles. The van der Waals surface area contributed by atoms with Crippen LogP contribution < -0.4 is 5.32 Å². The van der Waals surface area contributed by atoms with Gasteiger partial charge in [-0.2, -0.15) is 0 Å². The predicted molar refractivity (Wildman–Crippen MR) is 111 cm³/mol. The molecule has 2 heterocycles. The Balaban J connectivity index is 1.47. The summed E-state index contributed by atoms with van der Waals surface area (Å²) in [6.45, 7) is 4.84. The quantitative estimate of drug-likeness (QED) is 0.768. The van der Waals surface area contributed by atoms with Crippen LogP contribution in [0.3, 0.4) is 0 Å². The van der Waals surface area contributed by atoms with Gasteiger partial charge in [0.15, 0.2) is 0 Å².